The number of benzene rings is 1. The number of rotatable bonds is 13. The van der Waals surface area contributed by atoms with Gasteiger partial charge in [0.2, 0.25) is 5.91 Å². The van der Waals surface area contributed by atoms with Crippen LogP contribution in [-0.4, -0.2) is 59.8 Å². The molecule has 2 fully saturated rings. The van der Waals surface area contributed by atoms with Crippen molar-refractivity contribution in [2.24, 2.45) is 11.8 Å². The van der Waals surface area contributed by atoms with Crippen LogP contribution < -0.4 is 15.4 Å². The molecule has 10 heteroatoms. The van der Waals surface area contributed by atoms with Crippen molar-refractivity contribution in [2.45, 2.75) is 45.1 Å². The summed E-state index contributed by atoms with van der Waals surface area (Å²) in [6.07, 6.45) is 8.56. The molecule has 0 spiro atoms. The summed E-state index contributed by atoms with van der Waals surface area (Å²) in [6.45, 7) is 3.87. The summed E-state index contributed by atoms with van der Waals surface area (Å²) in [5.74, 6) is 0.977. The first-order valence-electron chi connectivity index (χ1n) is 15.4. The number of aromatic nitrogens is 2. The molecule has 1 unspecified atom stereocenters. The molecule has 44 heavy (non-hydrogen) atoms. The van der Waals surface area contributed by atoms with Crippen molar-refractivity contribution in [3.63, 3.8) is 0 Å². The Balaban J connectivity index is 1.09. The van der Waals surface area contributed by atoms with Crippen molar-refractivity contribution in [1.29, 1.82) is 0 Å². The van der Waals surface area contributed by atoms with E-state index in [2.05, 4.69) is 26.6 Å². The van der Waals surface area contributed by atoms with Crippen LogP contribution in [0.4, 0.5) is 4.39 Å². The molecule has 1 atom stereocenters. The van der Waals surface area contributed by atoms with Gasteiger partial charge in [-0.15, -0.1) is 11.3 Å². The van der Waals surface area contributed by atoms with E-state index in [1.807, 2.05) is 25.4 Å². The molecule has 1 aromatic carbocycles. The molecule has 4 heterocycles. The van der Waals surface area contributed by atoms with Crippen LogP contribution in [0.2, 0.25) is 0 Å². The van der Waals surface area contributed by atoms with Crippen LogP contribution in [0, 0.1) is 17.7 Å². The lowest BCUT2D eigenvalue weighted by molar-refractivity contribution is -0.126. The highest BCUT2D eigenvalue weighted by Gasteiger charge is 2.26. The molecule has 1 aliphatic carbocycles. The number of ether oxygens (including phenoxy) is 1. The summed E-state index contributed by atoms with van der Waals surface area (Å²) in [7, 11) is 1.88. The second-order valence-electron chi connectivity index (χ2n) is 11.9. The van der Waals surface area contributed by atoms with E-state index in [4.69, 9.17) is 9.72 Å². The standard InChI is InChI=1S/C34H38FN5O3S/c1-36-12-13-38-34(42)25-3-2-14-40(21-25)20-24-6-8-28(39-19-24)32-18-29-33(44-32)31(10-11-37-29)43-30-9-7-23(17-27(30)35)16-26(41)15-22-4-5-22/h6-11,17-19,22,25,36H,2-5,12-16,20-21H2,1H3,(H,38,42). The van der Waals surface area contributed by atoms with Crippen LogP contribution in [-0.2, 0) is 22.6 Å². The van der Waals surface area contributed by atoms with Crippen molar-refractivity contribution in [3.05, 3.63) is 71.8 Å². The molecule has 3 aromatic heterocycles. The Kier molecular flexibility index (Phi) is 9.59. The lowest BCUT2D eigenvalue weighted by Crippen LogP contribution is -2.43. The van der Waals surface area contributed by atoms with Crippen LogP contribution >= 0.6 is 11.3 Å². The van der Waals surface area contributed by atoms with Crippen molar-refractivity contribution in [1.82, 2.24) is 25.5 Å². The Hall–Kier alpha value is -3.73. The van der Waals surface area contributed by atoms with Crippen LogP contribution in [0.3, 0.4) is 0 Å². The van der Waals surface area contributed by atoms with Crippen molar-refractivity contribution in [2.75, 3.05) is 33.2 Å². The average molecular weight is 616 g/mol. The molecule has 2 N–H and O–H groups in total. The SMILES string of the molecule is CNCCNC(=O)C1CCCN(Cc2ccc(-c3cc4nccc(Oc5ccc(CC(=O)CC6CC6)cc5F)c4s3)nc2)C1. The number of nitrogens with zero attached hydrogens (tertiary/aromatic N) is 3. The van der Waals surface area contributed by atoms with Crippen LogP contribution in [0.25, 0.3) is 20.8 Å². The molecular formula is C34H38FN5O3S. The van der Waals surface area contributed by atoms with Gasteiger partial charge in [0.15, 0.2) is 11.6 Å². The Bertz CT molecular complexity index is 1620. The van der Waals surface area contributed by atoms with E-state index in [0.717, 1.165) is 78.2 Å². The highest BCUT2D eigenvalue weighted by molar-refractivity contribution is 7.22. The van der Waals surface area contributed by atoms with Gasteiger partial charge in [-0.05, 0) is 80.6 Å². The van der Waals surface area contributed by atoms with Crippen LogP contribution in [0.5, 0.6) is 11.5 Å². The van der Waals surface area contributed by atoms with Crippen LogP contribution in [0.1, 0.15) is 43.2 Å². The summed E-state index contributed by atoms with van der Waals surface area (Å²) >= 11 is 1.50. The molecule has 6 rings (SSSR count). The summed E-state index contributed by atoms with van der Waals surface area (Å²) in [6, 6.07) is 12.6. The van der Waals surface area contributed by atoms with Gasteiger partial charge in [0.25, 0.3) is 0 Å². The fourth-order valence-electron chi connectivity index (χ4n) is 5.71. The molecule has 1 saturated heterocycles. The fraction of sp³-hybridized carbons (Fsp3) is 0.412. The molecule has 8 nitrogen and oxygen atoms in total. The minimum Gasteiger partial charge on any atom is -0.453 e. The van der Waals surface area contributed by atoms with Gasteiger partial charge in [0.05, 0.1) is 26.7 Å². The van der Waals surface area contributed by atoms with Crippen LogP contribution in [0.15, 0.2) is 54.9 Å². The minimum atomic E-state index is -0.491. The number of Topliss-reactive ketones (excluding diaryl/α,β-unsaturated/α-hetero) is 1. The number of nitrogens with one attached hydrogen (secondary N) is 2. The number of hydrogen-bond donors (Lipinski definition) is 2. The van der Waals surface area contributed by atoms with Gasteiger partial charge in [-0.1, -0.05) is 12.1 Å². The number of piperidine rings is 1. The molecule has 1 saturated carbocycles. The zero-order chi connectivity index (χ0) is 30.5. The second-order valence-corrected chi connectivity index (χ2v) is 12.9. The lowest BCUT2D eigenvalue weighted by atomic mass is 9.96. The molecule has 0 radical (unpaired) electrons. The number of carbonyl (C=O) groups is 2. The summed E-state index contributed by atoms with van der Waals surface area (Å²) in [5, 5.41) is 6.08. The highest BCUT2D eigenvalue weighted by Crippen LogP contribution is 2.39. The Morgan fingerprint density at radius 2 is 1.91 bits per heavy atom. The fourth-order valence-corrected chi connectivity index (χ4v) is 6.75. The predicted octanol–water partition coefficient (Wildman–Crippen LogP) is 5.75. The van der Waals surface area contributed by atoms with Gasteiger partial charge in [-0.3, -0.25) is 24.5 Å². The van der Waals surface area contributed by atoms with Gasteiger partial charge < -0.3 is 15.4 Å². The van der Waals surface area contributed by atoms with E-state index in [1.54, 1.807) is 24.4 Å². The van der Waals surface area contributed by atoms with E-state index in [-0.39, 0.29) is 29.8 Å². The number of thiophene rings is 1. The summed E-state index contributed by atoms with van der Waals surface area (Å²) in [4.78, 5) is 37.3. The van der Waals surface area contributed by atoms with Crippen molar-refractivity contribution in [3.8, 4) is 22.1 Å². The first-order valence-corrected chi connectivity index (χ1v) is 16.2. The highest BCUT2D eigenvalue weighted by atomic mass is 32.1. The van der Waals surface area contributed by atoms with E-state index < -0.39 is 5.82 Å². The maximum absolute atomic E-state index is 15.0. The second kappa shape index (κ2) is 13.9. The minimum absolute atomic E-state index is 0.0165. The number of fused-ring (bicyclic) bond motifs is 1. The molecule has 0 bridgehead atoms. The maximum Gasteiger partial charge on any atom is 0.224 e. The molecule has 1 aliphatic heterocycles. The number of hydrogen-bond acceptors (Lipinski definition) is 8. The van der Waals surface area contributed by atoms with E-state index in [9.17, 15) is 14.0 Å². The van der Waals surface area contributed by atoms with E-state index >= 15 is 0 Å². The van der Waals surface area contributed by atoms with Gasteiger partial charge in [-0.2, -0.15) is 0 Å². The third kappa shape index (κ3) is 7.67. The Morgan fingerprint density at radius 1 is 1.05 bits per heavy atom. The predicted molar refractivity (Wildman–Crippen MR) is 170 cm³/mol. The summed E-state index contributed by atoms with van der Waals surface area (Å²) < 4.78 is 21.8. The molecular weight excluding hydrogens is 577 g/mol. The number of carbonyl (C=O) groups excluding carboxylic acids is 2. The Labute approximate surface area is 261 Å². The van der Waals surface area contributed by atoms with Gasteiger partial charge >= 0.3 is 0 Å². The molecule has 230 valence electrons. The maximum atomic E-state index is 15.0. The first-order chi connectivity index (χ1) is 21.4. The third-order valence-corrected chi connectivity index (χ3v) is 9.40. The normalized spacial score (nSPS) is 17.1. The number of amides is 1. The first kappa shape index (κ1) is 30.3. The third-order valence-electron chi connectivity index (χ3n) is 8.24. The zero-order valence-corrected chi connectivity index (χ0v) is 25.8. The van der Waals surface area contributed by atoms with E-state index in [1.165, 1.54) is 17.4 Å². The number of pyridine rings is 2. The Morgan fingerprint density at radius 3 is 2.68 bits per heavy atom. The quantitative estimate of drug-likeness (QED) is 0.185. The van der Waals surface area contributed by atoms with E-state index in [0.29, 0.717) is 30.2 Å². The van der Waals surface area contributed by atoms with Gasteiger partial charge in [0.1, 0.15) is 11.5 Å². The molecule has 2 aliphatic rings. The lowest BCUT2D eigenvalue weighted by Gasteiger charge is -2.32. The number of likely N-dealkylation sites (N-methyl/N-ethyl adjacent to an activating group) is 1. The number of likely N-dealkylation sites (tertiary alicyclic amines) is 1. The number of ketones is 1. The molecule has 4 aromatic rings. The topological polar surface area (TPSA) is 96.5 Å². The van der Waals surface area contributed by atoms with Gasteiger partial charge in [0, 0.05) is 57.5 Å². The largest absolute Gasteiger partial charge is 0.453 e. The number of halogens is 1. The summed E-state index contributed by atoms with van der Waals surface area (Å²) in [5.41, 5.74) is 3.35. The van der Waals surface area contributed by atoms with Crippen molar-refractivity contribution < 1.29 is 18.7 Å². The monoisotopic (exact) mass is 615 g/mol. The van der Waals surface area contributed by atoms with Gasteiger partial charge in [-0.25, -0.2) is 4.39 Å². The average Bonchev–Trinajstić information content (AvgIpc) is 3.72. The van der Waals surface area contributed by atoms with Crippen molar-refractivity contribution >= 4 is 33.2 Å². The molecule has 1 amide bonds. The zero-order valence-electron chi connectivity index (χ0n) is 25.0. The smallest absolute Gasteiger partial charge is 0.224 e.